The molecule has 104 valence electrons. The van der Waals surface area contributed by atoms with Gasteiger partial charge < -0.3 is 11.1 Å². The molecule has 1 amide bonds. The largest absolute Gasteiger partial charge is 0.392 e. The van der Waals surface area contributed by atoms with Crippen molar-refractivity contribution in [2.75, 3.05) is 5.73 Å². The summed E-state index contributed by atoms with van der Waals surface area (Å²) in [7, 11) is 0. The summed E-state index contributed by atoms with van der Waals surface area (Å²) in [5.41, 5.74) is 5.02. The number of nitrogens with one attached hydrogen (secondary N) is 1. The number of benzene rings is 1. The van der Waals surface area contributed by atoms with Crippen LogP contribution in [0.5, 0.6) is 0 Å². The minimum absolute atomic E-state index is 0.0291. The molecule has 0 aliphatic heterocycles. The van der Waals surface area contributed by atoms with Crippen LogP contribution in [0.3, 0.4) is 0 Å². The number of carbonyl (C=O) groups is 1. The fraction of sp³-hybridized carbons (Fsp3) is 0.0909. The van der Waals surface area contributed by atoms with Gasteiger partial charge >= 0.3 is 0 Å². The van der Waals surface area contributed by atoms with Gasteiger partial charge in [0.2, 0.25) is 0 Å². The molecule has 0 aliphatic rings. The number of aromatic nitrogens is 1. The van der Waals surface area contributed by atoms with Gasteiger partial charge in [0.15, 0.2) is 0 Å². The zero-order valence-electron chi connectivity index (χ0n) is 10.00. The summed E-state index contributed by atoms with van der Waals surface area (Å²) >= 11 is 7.18. The van der Waals surface area contributed by atoms with Gasteiger partial charge in [-0.3, -0.25) is 14.9 Å². The second-order valence-corrected chi connectivity index (χ2v) is 5.14. The van der Waals surface area contributed by atoms with Gasteiger partial charge in [-0.25, -0.2) is 4.98 Å². The van der Waals surface area contributed by atoms with E-state index in [0.29, 0.717) is 0 Å². The number of nitro benzene ring substituents is 1. The van der Waals surface area contributed by atoms with Crippen molar-refractivity contribution in [3.63, 3.8) is 0 Å². The number of nitrogen functional groups attached to an aromatic ring is 1. The first kappa shape index (κ1) is 14.2. The van der Waals surface area contributed by atoms with E-state index in [2.05, 4.69) is 10.3 Å². The average Bonchev–Trinajstić information content (AvgIpc) is 2.91. The van der Waals surface area contributed by atoms with Crippen LogP contribution in [-0.4, -0.2) is 15.8 Å². The van der Waals surface area contributed by atoms with Crippen LogP contribution in [0.15, 0.2) is 23.7 Å². The third-order valence-electron chi connectivity index (χ3n) is 2.45. The molecule has 0 radical (unpaired) electrons. The molecule has 9 heteroatoms. The fourth-order valence-corrected chi connectivity index (χ4v) is 2.25. The number of amides is 1. The molecule has 0 saturated heterocycles. The molecule has 7 nitrogen and oxygen atoms in total. The van der Waals surface area contributed by atoms with Gasteiger partial charge in [0, 0.05) is 23.2 Å². The van der Waals surface area contributed by atoms with Crippen LogP contribution in [-0.2, 0) is 6.54 Å². The number of halogens is 1. The summed E-state index contributed by atoms with van der Waals surface area (Å²) in [5.74, 6) is -0.481. The van der Waals surface area contributed by atoms with E-state index in [4.69, 9.17) is 17.3 Å². The first-order valence-corrected chi connectivity index (χ1v) is 6.64. The average molecular weight is 313 g/mol. The van der Waals surface area contributed by atoms with Crippen molar-refractivity contribution in [3.05, 3.63) is 49.4 Å². The number of nitrogens with two attached hydrogens (primary N) is 1. The molecule has 1 heterocycles. The number of hydrogen-bond acceptors (Lipinski definition) is 6. The van der Waals surface area contributed by atoms with Gasteiger partial charge in [-0.15, -0.1) is 11.3 Å². The van der Waals surface area contributed by atoms with E-state index < -0.39 is 16.5 Å². The molecule has 0 atom stereocenters. The Hall–Kier alpha value is -2.19. The Morgan fingerprint density at radius 1 is 1.55 bits per heavy atom. The molecule has 1 aromatic carbocycles. The van der Waals surface area contributed by atoms with Crippen molar-refractivity contribution in [2.45, 2.75) is 6.54 Å². The number of nitrogens with zero attached hydrogens (tertiary/aromatic N) is 2. The van der Waals surface area contributed by atoms with Crippen LogP contribution in [0, 0.1) is 10.1 Å². The van der Waals surface area contributed by atoms with Crippen LogP contribution in [0.4, 0.5) is 11.4 Å². The Morgan fingerprint density at radius 3 is 2.90 bits per heavy atom. The minimum Gasteiger partial charge on any atom is -0.392 e. The lowest BCUT2D eigenvalue weighted by atomic mass is 10.1. The van der Waals surface area contributed by atoms with Gasteiger partial charge in [-0.1, -0.05) is 11.6 Å². The lowest BCUT2D eigenvalue weighted by molar-refractivity contribution is -0.383. The Kier molecular flexibility index (Phi) is 4.16. The quantitative estimate of drug-likeness (QED) is 0.511. The summed E-state index contributed by atoms with van der Waals surface area (Å²) < 4.78 is 0. The third-order valence-corrected chi connectivity index (χ3v) is 3.54. The highest BCUT2D eigenvalue weighted by Gasteiger charge is 2.19. The summed E-state index contributed by atoms with van der Waals surface area (Å²) in [6, 6.07) is 2.39. The highest BCUT2D eigenvalue weighted by molar-refractivity contribution is 7.09. The van der Waals surface area contributed by atoms with E-state index in [1.807, 2.05) is 0 Å². The van der Waals surface area contributed by atoms with Gasteiger partial charge in [0.05, 0.1) is 16.5 Å². The molecule has 3 N–H and O–H groups in total. The van der Waals surface area contributed by atoms with Gasteiger partial charge in [-0.2, -0.15) is 0 Å². The lowest BCUT2D eigenvalue weighted by Crippen LogP contribution is -2.23. The topological polar surface area (TPSA) is 111 Å². The van der Waals surface area contributed by atoms with E-state index in [9.17, 15) is 14.9 Å². The van der Waals surface area contributed by atoms with Gasteiger partial charge in [-0.05, 0) is 6.07 Å². The van der Waals surface area contributed by atoms with E-state index in [1.165, 1.54) is 17.4 Å². The Balaban J connectivity index is 2.19. The Bertz CT molecular complexity index is 660. The monoisotopic (exact) mass is 312 g/mol. The van der Waals surface area contributed by atoms with Gasteiger partial charge in [0.25, 0.3) is 11.6 Å². The Morgan fingerprint density at radius 2 is 2.30 bits per heavy atom. The standard InChI is InChI=1S/C11H9ClN4O3S/c12-7-3-6(4-8(10(7)13)16(18)19)11(17)15-5-9-14-1-2-20-9/h1-4H,5,13H2,(H,15,17). The SMILES string of the molecule is Nc1c(Cl)cc(C(=O)NCc2nccs2)cc1[N+](=O)[O-]. The van der Waals surface area contributed by atoms with E-state index in [0.717, 1.165) is 11.1 Å². The highest BCUT2D eigenvalue weighted by atomic mass is 35.5. The minimum atomic E-state index is -0.682. The number of nitro groups is 1. The Labute approximate surface area is 122 Å². The van der Waals surface area contributed by atoms with Crippen molar-refractivity contribution < 1.29 is 9.72 Å². The number of carbonyl (C=O) groups excluding carboxylic acids is 1. The van der Waals surface area contributed by atoms with Crippen LogP contribution in [0.25, 0.3) is 0 Å². The third kappa shape index (κ3) is 3.03. The molecule has 0 fully saturated rings. The van der Waals surface area contributed by atoms with E-state index in [-0.39, 0.29) is 22.8 Å². The molecule has 1 aromatic heterocycles. The summed E-state index contributed by atoms with van der Waals surface area (Å²) in [6.45, 7) is 0.242. The van der Waals surface area contributed by atoms with Crippen molar-refractivity contribution in [1.29, 1.82) is 0 Å². The van der Waals surface area contributed by atoms with Crippen LogP contribution in [0.1, 0.15) is 15.4 Å². The maximum atomic E-state index is 11.9. The number of thiazole rings is 1. The number of rotatable bonds is 4. The number of hydrogen-bond donors (Lipinski definition) is 2. The van der Waals surface area contributed by atoms with Gasteiger partial charge in [0.1, 0.15) is 10.7 Å². The molecule has 2 aromatic rings. The second-order valence-electron chi connectivity index (χ2n) is 3.76. The normalized spacial score (nSPS) is 10.2. The first-order chi connectivity index (χ1) is 9.49. The predicted molar refractivity (Wildman–Crippen MR) is 75.8 cm³/mol. The van der Waals surface area contributed by atoms with E-state index >= 15 is 0 Å². The molecular formula is C11H9ClN4O3S. The zero-order valence-corrected chi connectivity index (χ0v) is 11.6. The maximum absolute atomic E-state index is 11.9. The number of anilines is 1. The molecule has 20 heavy (non-hydrogen) atoms. The molecule has 0 bridgehead atoms. The van der Waals surface area contributed by atoms with Crippen molar-refractivity contribution in [2.24, 2.45) is 0 Å². The highest BCUT2D eigenvalue weighted by Crippen LogP contribution is 2.30. The molecule has 0 unspecified atom stereocenters. The molecule has 0 saturated carbocycles. The lowest BCUT2D eigenvalue weighted by Gasteiger charge is -2.06. The van der Waals surface area contributed by atoms with Crippen LogP contribution in [0.2, 0.25) is 5.02 Å². The maximum Gasteiger partial charge on any atom is 0.294 e. The first-order valence-electron chi connectivity index (χ1n) is 5.39. The summed E-state index contributed by atoms with van der Waals surface area (Å²) in [5, 5.41) is 15.9. The summed E-state index contributed by atoms with van der Waals surface area (Å²) in [6.07, 6.45) is 1.62. The second kappa shape index (κ2) is 5.85. The van der Waals surface area contributed by atoms with Crippen LogP contribution < -0.4 is 11.1 Å². The molecule has 0 spiro atoms. The molecule has 0 aliphatic carbocycles. The smallest absolute Gasteiger partial charge is 0.294 e. The van der Waals surface area contributed by atoms with Crippen molar-refractivity contribution in [3.8, 4) is 0 Å². The molecule has 2 rings (SSSR count). The van der Waals surface area contributed by atoms with Crippen molar-refractivity contribution >= 4 is 40.2 Å². The zero-order chi connectivity index (χ0) is 14.7. The summed E-state index contributed by atoms with van der Waals surface area (Å²) in [4.78, 5) is 26.1. The molecular weight excluding hydrogens is 304 g/mol. The van der Waals surface area contributed by atoms with Crippen molar-refractivity contribution in [1.82, 2.24) is 10.3 Å². The van der Waals surface area contributed by atoms with Crippen LogP contribution >= 0.6 is 22.9 Å². The fourth-order valence-electron chi connectivity index (χ4n) is 1.48. The predicted octanol–water partition coefficient (Wildman–Crippen LogP) is 2.22. The van der Waals surface area contributed by atoms with E-state index in [1.54, 1.807) is 11.6 Å².